The van der Waals surface area contributed by atoms with Gasteiger partial charge in [0.15, 0.2) is 0 Å². The second kappa shape index (κ2) is 5.86. The van der Waals surface area contributed by atoms with Gasteiger partial charge in [-0.05, 0) is 41.1 Å². The number of amides is 1. The highest BCUT2D eigenvalue weighted by molar-refractivity contribution is 9.10. The average molecular weight is 288 g/mol. The zero-order valence-electron chi connectivity index (χ0n) is 9.16. The molecule has 1 amide bonds. The van der Waals surface area contributed by atoms with E-state index in [1.807, 2.05) is 0 Å². The van der Waals surface area contributed by atoms with Crippen LogP contribution in [0.25, 0.3) is 0 Å². The minimum Gasteiger partial charge on any atom is -0.497 e. The molecular formula is C11H14BrNO3. The van der Waals surface area contributed by atoms with Crippen molar-refractivity contribution >= 4 is 21.8 Å². The maximum absolute atomic E-state index is 11.8. The van der Waals surface area contributed by atoms with Gasteiger partial charge in [0.05, 0.1) is 19.3 Å². The van der Waals surface area contributed by atoms with Gasteiger partial charge in [0, 0.05) is 10.5 Å². The first-order valence-electron chi connectivity index (χ1n) is 4.83. The van der Waals surface area contributed by atoms with E-state index in [9.17, 15) is 4.79 Å². The first-order chi connectivity index (χ1) is 7.58. The average Bonchev–Trinajstić information content (AvgIpc) is 2.29. The van der Waals surface area contributed by atoms with Crippen molar-refractivity contribution in [3.8, 4) is 5.75 Å². The van der Waals surface area contributed by atoms with Crippen LogP contribution in [-0.4, -0.2) is 30.8 Å². The van der Waals surface area contributed by atoms with E-state index in [1.165, 1.54) is 0 Å². The highest BCUT2D eigenvalue weighted by atomic mass is 79.9. The fourth-order valence-electron chi connectivity index (χ4n) is 1.15. The van der Waals surface area contributed by atoms with E-state index in [4.69, 9.17) is 9.84 Å². The number of hydrogen-bond donors (Lipinski definition) is 2. The SMILES string of the molecule is COc1ccc(Br)c(C(=O)N[C@H](C)CO)c1. The lowest BCUT2D eigenvalue weighted by Gasteiger charge is -2.12. The van der Waals surface area contributed by atoms with Crippen LogP contribution in [0.1, 0.15) is 17.3 Å². The summed E-state index contributed by atoms with van der Waals surface area (Å²) < 4.78 is 5.73. The summed E-state index contributed by atoms with van der Waals surface area (Å²) in [5.74, 6) is 0.373. The van der Waals surface area contributed by atoms with Gasteiger partial charge in [0.25, 0.3) is 5.91 Å². The van der Waals surface area contributed by atoms with Crippen LogP contribution in [0.2, 0.25) is 0 Å². The molecule has 0 saturated carbocycles. The number of methoxy groups -OCH3 is 1. The van der Waals surface area contributed by atoms with Gasteiger partial charge in [-0.3, -0.25) is 4.79 Å². The minimum atomic E-state index is -0.273. The molecule has 1 aromatic carbocycles. The summed E-state index contributed by atoms with van der Waals surface area (Å²) in [6.07, 6.45) is 0. The molecule has 0 aliphatic heterocycles. The van der Waals surface area contributed by atoms with Crippen LogP contribution < -0.4 is 10.1 Å². The van der Waals surface area contributed by atoms with Crippen molar-refractivity contribution in [1.29, 1.82) is 0 Å². The van der Waals surface area contributed by atoms with Crippen LogP contribution in [0, 0.1) is 0 Å². The molecule has 0 aliphatic carbocycles. The zero-order chi connectivity index (χ0) is 12.1. The second-order valence-corrected chi connectivity index (χ2v) is 4.26. The molecule has 0 bridgehead atoms. The number of nitrogens with one attached hydrogen (secondary N) is 1. The number of ether oxygens (including phenoxy) is 1. The Morgan fingerprint density at radius 2 is 2.31 bits per heavy atom. The number of aliphatic hydroxyl groups is 1. The third-order valence-electron chi connectivity index (χ3n) is 2.07. The van der Waals surface area contributed by atoms with Crippen LogP contribution >= 0.6 is 15.9 Å². The van der Waals surface area contributed by atoms with E-state index in [0.29, 0.717) is 15.8 Å². The predicted octanol–water partition coefficient (Wildman–Crippen LogP) is 1.57. The molecule has 0 heterocycles. The Labute approximate surface area is 103 Å². The van der Waals surface area contributed by atoms with E-state index >= 15 is 0 Å². The van der Waals surface area contributed by atoms with Crippen LogP contribution in [0.3, 0.4) is 0 Å². The van der Waals surface area contributed by atoms with Crippen molar-refractivity contribution in [2.24, 2.45) is 0 Å². The Morgan fingerprint density at radius 3 is 2.88 bits per heavy atom. The summed E-state index contributed by atoms with van der Waals surface area (Å²) in [6.45, 7) is 1.64. The van der Waals surface area contributed by atoms with Crippen molar-refractivity contribution in [3.05, 3.63) is 28.2 Å². The fraction of sp³-hybridized carbons (Fsp3) is 0.364. The van der Waals surface area contributed by atoms with Gasteiger partial charge in [-0.2, -0.15) is 0 Å². The molecule has 88 valence electrons. The largest absolute Gasteiger partial charge is 0.497 e. The molecule has 1 aromatic rings. The quantitative estimate of drug-likeness (QED) is 0.884. The maximum Gasteiger partial charge on any atom is 0.252 e. The molecule has 16 heavy (non-hydrogen) atoms. The molecule has 0 fully saturated rings. The topological polar surface area (TPSA) is 58.6 Å². The minimum absolute atomic E-state index is 0.0900. The molecule has 1 rings (SSSR count). The van der Waals surface area contributed by atoms with Crippen LogP contribution in [0.4, 0.5) is 0 Å². The molecular weight excluding hydrogens is 274 g/mol. The Kier molecular flexibility index (Phi) is 4.76. The summed E-state index contributed by atoms with van der Waals surface area (Å²) in [4.78, 5) is 11.8. The van der Waals surface area contributed by atoms with E-state index in [1.54, 1.807) is 32.2 Å². The highest BCUT2D eigenvalue weighted by Gasteiger charge is 2.13. The zero-order valence-corrected chi connectivity index (χ0v) is 10.7. The smallest absolute Gasteiger partial charge is 0.252 e. The van der Waals surface area contributed by atoms with Crippen LogP contribution in [-0.2, 0) is 0 Å². The lowest BCUT2D eigenvalue weighted by atomic mass is 10.2. The molecule has 0 saturated heterocycles. The van der Waals surface area contributed by atoms with Crippen LogP contribution in [0.5, 0.6) is 5.75 Å². The Bertz CT molecular complexity index is 381. The third-order valence-corrected chi connectivity index (χ3v) is 2.76. The summed E-state index contributed by atoms with van der Waals surface area (Å²) in [5.41, 5.74) is 0.486. The van der Waals surface area contributed by atoms with E-state index in [-0.39, 0.29) is 18.6 Å². The van der Waals surface area contributed by atoms with Gasteiger partial charge in [-0.15, -0.1) is 0 Å². The Hall–Kier alpha value is -1.07. The molecule has 5 heteroatoms. The van der Waals surface area contributed by atoms with Gasteiger partial charge in [-0.25, -0.2) is 0 Å². The number of rotatable bonds is 4. The Balaban J connectivity index is 2.89. The van der Waals surface area contributed by atoms with E-state index in [0.717, 1.165) is 0 Å². The monoisotopic (exact) mass is 287 g/mol. The van der Waals surface area contributed by atoms with Gasteiger partial charge in [-0.1, -0.05) is 0 Å². The van der Waals surface area contributed by atoms with Gasteiger partial charge in [0.1, 0.15) is 5.75 Å². The van der Waals surface area contributed by atoms with E-state index in [2.05, 4.69) is 21.2 Å². The van der Waals surface area contributed by atoms with Crippen molar-refractivity contribution in [2.45, 2.75) is 13.0 Å². The molecule has 4 nitrogen and oxygen atoms in total. The number of halogens is 1. The molecule has 0 spiro atoms. The number of benzene rings is 1. The lowest BCUT2D eigenvalue weighted by Crippen LogP contribution is -2.35. The Morgan fingerprint density at radius 1 is 1.62 bits per heavy atom. The first-order valence-corrected chi connectivity index (χ1v) is 5.63. The lowest BCUT2D eigenvalue weighted by molar-refractivity contribution is 0.0921. The summed E-state index contributed by atoms with van der Waals surface area (Å²) >= 11 is 3.29. The summed E-state index contributed by atoms with van der Waals surface area (Å²) in [7, 11) is 1.54. The third kappa shape index (κ3) is 3.21. The molecule has 2 N–H and O–H groups in total. The predicted molar refractivity (Wildman–Crippen MR) is 64.7 cm³/mol. The van der Waals surface area contributed by atoms with Crippen molar-refractivity contribution in [2.75, 3.05) is 13.7 Å². The molecule has 0 aliphatic rings. The standard InChI is InChI=1S/C11H14BrNO3/c1-7(6-14)13-11(15)9-5-8(16-2)3-4-10(9)12/h3-5,7,14H,6H2,1-2H3,(H,13,15)/t7-/m1/s1. The van der Waals surface area contributed by atoms with Crippen molar-refractivity contribution in [3.63, 3.8) is 0 Å². The maximum atomic E-state index is 11.8. The van der Waals surface area contributed by atoms with Crippen molar-refractivity contribution in [1.82, 2.24) is 5.32 Å². The first kappa shape index (κ1) is 13.0. The number of hydrogen-bond acceptors (Lipinski definition) is 3. The summed E-state index contributed by atoms with van der Waals surface area (Å²) in [5, 5.41) is 11.5. The van der Waals surface area contributed by atoms with Gasteiger partial charge >= 0.3 is 0 Å². The molecule has 0 unspecified atom stereocenters. The number of carbonyl (C=O) groups is 1. The number of aliphatic hydroxyl groups excluding tert-OH is 1. The van der Waals surface area contributed by atoms with Gasteiger partial charge in [0.2, 0.25) is 0 Å². The molecule has 1 atom stereocenters. The van der Waals surface area contributed by atoms with Crippen LogP contribution in [0.15, 0.2) is 22.7 Å². The van der Waals surface area contributed by atoms with Crippen molar-refractivity contribution < 1.29 is 14.6 Å². The van der Waals surface area contributed by atoms with Gasteiger partial charge < -0.3 is 15.2 Å². The summed E-state index contributed by atoms with van der Waals surface area (Å²) in [6, 6.07) is 4.88. The normalized spacial score (nSPS) is 12.0. The number of carbonyl (C=O) groups excluding carboxylic acids is 1. The molecule has 0 aromatic heterocycles. The molecule has 0 radical (unpaired) electrons. The second-order valence-electron chi connectivity index (χ2n) is 3.40. The van der Waals surface area contributed by atoms with E-state index < -0.39 is 0 Å². The highest BCUT2D eigenvalue weighted by Crippen LogP contribution is 2.22. The fourth-order valence-corrected chi connectivity index (χ4v) is 1.58.